The molecule has 38 heavy (non-hydrogen) atoms. The lowest BCUT2D eigenvalue weighted by atomic mass is 10.0. The number of hydrogen-bond donors (Lipinski definition) is 0. The van der Waals surface area contributed by atoms with Gasteiger partial charge in [-0.25, -0.2) is 0 Å². The van der Waals surface area contributed by atoms with Gasteiger partial charge in [-0.05, 0) is 52.6 Å². The molecule has 0 bridgehead atoms. The van der Waals surface area contributed by atoms with Crippen molar-refractivity contribution in [2.45, 2.75) is 12.4 Å². The molecule has 0 amide bonds. The van der Waals surface area contributed by atoms with Gasteiger partial charge in [0.1, 0.15) is 17.0 Å². The van der Waals surface area contributed by atoms with Crippen molar-refractivity contribution < 1.29 is 31.1 Å². The molecule has 0 aliphatic carbocycles. The van der Waals surface area contributed by atoms with Crippen LogP contribution in [0.4, 0.5) is 26.3 Å². The summed E-state index contributed by atoms with van der Waals surface area (Å²) in [4.78, 5) is 0.778. The zero-order chi connectivity index (χ0) is 26.7. The molecule has 0 radical (unpaired) electrons. The average Bonchev–Trinajstić information content (AvgIpc) is 3.30. The number of benzene rings is 4. The summed E-state index contributed by atoms with van der Waals surface area (Å²) >= 11 is 1.47. The number of halogens is 6. The molecule has 3 nitrogen and oxygen atoms in total. The number of ether oxygens (including phenoxy) is 1. The molecule has 0 saturated carbocycles. The minimum atomic E-state index is -5.33. The Morgan fingerprint density at radius 1 is 0.632 bits per heavy atom. The molecule has 0 atom stereocenters. The van der Waals surface area contributed by atoms with Gasteiger partial charge in [-0.15, -0.1) is 21.5 Å². The summed E-state index contributed by atoms with van der Waals surface area (Å²) in [5.74, 6) is -1.34. The van der Waals surface area contributed by atoms with Crippen LogP contribution in [0.25, 0.3) is 42.2 Å². The van der Waals surface area contributed by atoms with Gasteiger partial charge in [-0.1, -0.05) is 48.5 Å². The van der Waals surface area contributed by atoms with Gasteiger partial charge in [0.15, 0.2) is 0 Å². The number of hydrogen-bond acceptors (Lipinski definition) is 4. The molecule has 4 aromatic carbocycles. The van der Waals surface area contributed by atoms with Gasteiger partial charge in [0.2, 0.25) is 5.88 Å². The molecule has 0 unspecified atom stereocenters. The lowest BCUT2D eigenvalue weighted by Gasteiger charge is -2.19. The molecule has 2 aromatic heterocycles. The third kappa shape index (κ3) is 4.20. The van der Waals surface area contributed by atoms with Crippen LogP contribution in [-0.4, -0.2) is 10.2 Å². The molecule has 6 rings (SSSR count). The Kier molecular flexibility index (Phi) is 5.53. The maximum absolute atomic E-state index is 13.8. The largest absolute Gasteiger partial charge is 0.436 e. The topological polar surface area (TPSA) is 35.0 Å². The van der Waals surface area contributed by atoms with Gasteiger partial charge in [-0.2, -0.15) is 26.3 Å². The van der Waals surface area contributed by atoms with Gasteiger partial charge in [0.25, 0.3) is 0 Å². The molecule has 0 aliphatic rings. The first-order chi connectivity index (χ1) is 18.1. The summed E-state index contributed by atoms with van der Waals surface area (Å²) in [6.45, 7) is 0. The van der Waals surface area contributed by atoms with E-state index in [-0.39, 0.29) is 5.88 Å². The summed E-state index contributed by atoms with van der Waals surface area (Å²) in [5, 5.41) is 11.8. The lowest BCUT2D eigenvalue weighted by Crippen LogP contribution is -2.17. The summed E-state index contributed by atoms with van der Waals surface area (Å²) in [7, 11) is 0. The summed E-state index contributed by atoms with van der Waals surface area (Å²) < 4.78 is 88.4. The van der Waals surface area contributed by atoms with Crippen LogP contribution >= 0.6 is 11.3 Å². The second kappa shape index (κ2) is 8.70. The van der Waals surface area contributed by atoms with Gasteiger partial charge in [-0.3, -0.25) is 0 Å². The van der Waals surface area contributed by atoms with E-state index in [0.29, 0.717) is 22.5 Å². The van der Waals surface area contributed by atoms with Crippen LogP contribution in [0.2, 0.25) is 0 Å². The van der Waals surface area contributed by atoms with Crippen LogP contribution in [-0.2, 0) is 12.4 Å². The number of rotatable bonds is 3. The van der Waals surface area contributed by atoms with Gasteiger partial charge >= 0.3 is 12.4 Å². The van der Waals surface area contributed by atoms with Crippen LogP contribution in [0.15, 0.2) is 84.9 Å². The molecule has 0 N–H and O–H groups in total. The Morgan fingerprint density at radius 3 is 1.95 bits per heavy atom. The van der Waals surface area contributed by atoms with Crippen LogP contribution in [0.1, 0.15) is 11.1 Å². The molecular weight excluding hydrogens is 526 g/mol. The highest BCUT2D eigenvalue weighted by Crippen LogP contribution is 2.47. The molecule has 10 heteroatoms. The second-order valence-corrected chi connectivity index (χ2v) is 9.61. The number of nitrogens with zero attached hydrogens (tertiary/aromatic N) is 2. The first-order valence-corrected chi connectivity index (χ1v) is 12.0. The van der Waals surface area contributed by atoms with Crippen LogP contribution in [0, 0.1) is 0 Å². The van der Waals surface area contributed by atoms with E-state index in [2.05, 4.69) is 10.2 Å². The normalized spacial score (nSPS) is 12.5. The van der Waals surface area contributed by atoms with E-state index in [1.165, 1.54) is 11.3 Å². The number of thiophene rings is 1. The lowest BCUT2D eigenvalue weighted by molar-refractivity contribution is -0.162. The number of alkyl halides is 6. The van der Waals surface area contributed by atoms with Crippen molar-refractivity contribution in [3.63, 3.8) is 0 Å². The quantitative estimate of drug-likeness (QED) is 0.166. The summed E-state index contributed by atoms with van der Waals surface area (Å²) in [6, 6.07) is 22.6. The maximum atomic E-state index is 13.8. The Balaban J connectivity index is 1.59. The highest BCUT2D eigenvalue weighted by molar-refractivity contribution is 7.22. The fraction of sp³-hybridized carbons (Fsp3) is 0.0714. The van der Waals surface area contributed by atoms with Crippen molar-refractivity contribution in [3.05, 3.63) is 96.1 Å². The van der Waals surface area contributed by atoms with E-state index in [1.54, 1.807) is 12.1 Å². The Bertz CT molecular complexity index is 1810. The predicted octanol–water partition coefficient (Wildman–Crippen LogP) is 9.49. The van der Waals surface area contributed by atoms with E-state index in [4.69, 9.17) is 4.74 Å². The number of aromatic nitrogens is 2. The molecule has 2 heterocycles. The molecule has 0 spiro atoms. The SMILES string of the molecule is FC(F)(F)c1cccc(Oc2nnc(-c3cc4ccccc4s3)c3cc4ccccc4cc23)c1C(F)(F)F. The van der Waals surface area contributed by atoms with Crippen molar-refractivity contribution >= 4 is 43.0 Å². The van der Waals surface area contributed by atoms with Crippen molar-refractivity contribution in [1.29, 1.82) is 0 Å². The first kappa shape index (κ1) is 24.2. The van der Waals surface area contributed by atoms with Crippen LogP contribution in [0.3, 0.4) is 0 Å². The third-order valence-corrected chi connectivity index (χ3v) is 7.22. The average molecular weight is 540 g/mol. The fourth-order valence-electron chi connectivity index (χ4n) is 4.42. The smallest absolute Gasteiger partial charge is 0.420 e. The Hall–Kier alpha value is -4.18. The van der Waals surface area contributed by atoms with Crippen molar-refractivity contribution in [2.24, 2.45) is 0 Å². The number of fused-ring (bicyclic) bond motifs is 3. The molecule has 190 valence electrons. The van der Waals surface area contributed by atoms with Crippen molar-refractivity contribution in [2.75, 3.05) is 0 Å². The molecular formula is C28H14F6N2OS. The van der Waals surface area contributed by atoms with E-state index >= 15 is 0 Å². The van der Waals surface area contributed by atoms with E-state index in [1.807, 2.05) is 54.6 Å². The molecule has 0 aliphatic heterocycles. The van der Waals surface area contributed by atoms with Crippen LogP contribution < -0.4 is 4.74 Å². The second-order valence-electron chi connectivity index (χ2n) is 8.52. The Labute approximate surface area is 214 Å². The first-order valence-electron chi connectivity index (χ1n) is 11.2. The van der Waals surface area contributed by atoms with E-state index in [9.17, 15) is 26.3 Å². The monoisotopic (exact) mass is 540 g/mol. The standard InChI is InChI=1S/C28H14F6N2OS/c29-27(30,31)20-9-5-10-21(24(20)28(32,33)34)37-26-19-13-16-7-2-1-6-15(16)12-18(19)25(35-36-26)23-14-17-8-3-4-11-22(17)38-23/h1-14H. The highest BCUT2D eigenvalue weighted by Gasteiger charge is 2.45. The van der Waals surface area contributed by atoms with Gasteiger partial charge in [0.05, 0.1) is 10.4 Å². The fourth-order valence-corrected chi connectivity index (χ4v) is 5.48. The van der Waals surface area contributed by atoms with Crippen LogP contribution in [0.5, 0.6) is 11.6 Å². The minimum absolute atomic E-state index is 0.316. The molecule has 6 aromatic rings. The van der Waals surface area contributed by atoms with E-state index in [0.717, 1.165) is 37.9 Å². The zero-order valence-electron chi connectivity index (χ0n) is 19.1. The summed E-state index contributed by atoms with van der Waals surface area (Å²) in [5.41, 5.74) is -3.27. The van der Waals surface area contributed by atoms with Gasteiger partial charge < -0.3 is 4.74 Å². The molecule has 0 saturated heterocycles. The minimum Gasteiger partial charge on any atom is -0.436 e. The predicted molar refractivity (Wildman–Crippen MR) is 134 cm³/mol. The highest BCUT2D eigenvalue weighted by atomic mass is 32.1. The third-order valence-electron chi connectivity index (χ3n) is 6.09. The van der Waals surface area contributed by atoms with Crippen molar-refractivity contribution in [3.8, 4) is 22.2 Å². The Morgan fingerprint density at radius 2 is 1.29 bits per heavy atom. The zero-order valence-corrected chi connectivity index (χ0v) is 19.9. The molecule has 0 fully saturated rings. The summed E-state index contributed by atoms with van der Waals surface area (Å²) in [6.07, 6.45) is -10.6. The van der Waals surface area contributed by atoms with Gasteiger partial charge in [0, 0.05) is 15.5 Å². The van der Waals surface area contributed by atoms with Crippen molar-refractivity contribution in [1.82, 2.24) is 10.2 Å². The maximum Gasteiger partial charge on any atom is 0.420 e. The van der Waals surface area contributed by atoms with E-state index < -0.39 is 29.2 Å².